The quantitative estimate of drug-likeness (QED) is 0.773. The molecule has 2 nitrogen and oxygen atoms in total. The van der Waals surface area contributed by atoms with Crippen LogP contribution in [0.15, 0.2) is 0 Å². The summed E-state index contributed by atoms with van der Waals surface area (Å²) in [7, 11) is 0. The maximum absolute atomic E-state index is 10.7. The van der Waals surface area contributed by atoms with Crippen LogP contribution < -0.4 is 5.32 Å². The van der Waals surface area contributed by atoms with Crippen LogP contribution in [0.25, 0.3) is 0 Å². The molecule has 4 atom stereocenters. The fourth-order valence-electron chi connectivity index (χ4n) is 4.82. The largest absolute Gasteiger partial charge is 0.389 e. The first-order valence-electron chi connectivity index (χ1n) is 7.44. The highest BCUT2D eigenvalue weighted by molar-refractivity contribution is 5.05. The van der Waals surface area contributed by atoms with Gasteiger partial charge in [-0.2, -0.15) is 0 Å². The fourth-order valence-corrected chi connectivity index (χ4v) is 4.82. The Morgan fingerprint density at radius 1 is 1.29 bits per heavy atom. The molecule has 0 aromatic rings. The second-order valence-electron chi connectivity index (χ2n) is 7.41. The lowest BCUT2D eigenvalue weighted by Gasteiger charge is -2.61. The number of β-amino-alcohol motifs (C(OH)–C–C–N with tert-alkyl or cyclic N) is 1. The van der Waals surface area contributed by atoms with Gasteiger partial charge in [-0.1, -0.05) is 13.8 Å². The first kappa shape index (κ1) is 12.0. The summed E-state index contributed by atoms with van der Waals surface area (Å²) >= 11 is 0. The number of hydrogen-bond acceptors (Lipinski definition) is 2. The van der Waals surface area contributed by atoms with Gasteiger partial charge in [0.05, 0.1) is 5.60 Å². The summed E-state index contributed by atoms with van der Waals surface area (Å²) < 4.78 is 0. The average Bonchev–Trinajstić information content (AvgIpc) is 2.29. The Hall–Kier alpha value is -0.0800. The molecular formula is C15H27NO. The molecule has 4 aliphatic rings. The van der Waals surface area contributed by atoms with E-state index < -0.39 is 5.60 Å². The van der Waals surface area contributed by atoms with E-state index in [0.717, 1.165) is 50.1 Å². The third kappa shape index (κ3) is 1.94. The lowest BCUT2D eigenvalue weighted by Crippen LogP contribution is -2.55. The molecule has 1 aliphatic heterocycles. The molecule has 98 valence electrons. The third-order valence-electron chi connectivity index (χ3n) is 6.09. The summed E-state index contributed by atoms with van der Waals surface area (Å²) in [6.45, 7) is 6.80. The molecular weight excluding hydrogens is 210 g/mol. The lowest BCUT2D eigenvalue weighted by molar-refractivity contribution is -0.129. The molecule has 1 heterocycles. The van der Waals surface area contributed by atoms with E-state index in [9.17, 15) is 5.11 Å². The van der Waals surface area contributed by atoms with Crippen LogP contribution in [0.5, 0.6) is 0 Å². The van der Waals surface area contributed by atoms with Crippen LogP contribution in [0.2, 0.25) is 0 Å². The van der Waals surface area contributed by atoms with Crippen molar-refractivity contribution < 1.29 is 5.11 Å². The molecule has 2 N–H and O–H groups in total. The molecule has 0 amide bonds. The van der Waals surface area contributed by atoms with Gasteiger partial charge in [-0.3, -0.25) is 0 Å². The van der Waals surface area contributed by atoms with Crippen LogP contribution in [-0.4, -0.2) is 23.8 Å². The van der Waals surface area contributed by atoms with Crippen LogP contribution >= 0.6 is 0 Å². The van der Waals surface area contributed by atoms with Crippen LogP contribution in [0, 0.1) is 23.2 Å². The summed E-state index contributed by atoms with van der Waals surface area (Å²) in [4.78, 5) is 0. The number of piperidine rings is 1. The second-order valence-corrected chi connectivity index (χ2v) is 7.41. The van der Waals surface area contributed by atoms with Crippen LogP contribution in [-0.2, 0) is 0 Å². The normalized spacial score (nSPS) is 48.5. The Kier molecular flexibility index (Phi) is 2.79. The number of rotatable bonds is 2. The third-order valence-corrected chi connectivity index (χ3v) is 6.09. The van der Waals surface area contributed by atoms with E-state index in [4.69, 9.17) is 0 Å². The van der Waals surface area contributed by atoms with Crippen LogP contribution in [0.3, 0.4) is 0 Å². The van der Waals surface area contributed by atoms with Gasteiger partial charge in [0.2, 0.25) is 0 Å². The Labute approximate surface area is 105 Å². The van der Waals surface area contributed by atoms with E-state index in [1.807, 2.05) is 0 Å². The Bertz CT molecular complexity index is 291. The molecule has 3 saturated carbocycles. The molecule has 3 aliphatic carbocycles. The van der Waals surface area contributed by atoms with Gasteiger partial charge in [-0.05, 0) is 68.2 Å². The molecule has 0 aromatic carbocycles. The zero-order valence-corrected chi connectivity index (χ0v) is 11.3. The van der Waals surface area contributed by atoms with Crippen molar-refractivity contribution in [3.05, 3.63) is 0 Å². The zero-order chi connectivity index (χ0) is 12.1. The average molecular weight is 237 g/mol. The number of aliphatic hydroxyl groups is 1. The number of fused-ring (bicyclic) bond motifs is 2. The molecule has 17 heavy (non-hydrogen) atoms. The molecule has 4 rings (SSSR count). The van der Waals surface area contributed by atoms with Crippen molar-refractivity contribution in [3.63, 3.8) is 0 Å². The standard InChI is InChI=1S/C15H27NO/c1-14(2)12-5-4-11(13(14)8-12)9-15(17)6-3-7-16-10-15/h11-13,16-17H,3-10H2,1-2H3. The van der Waals surface area contributed by atoms with Crippen molar-refractivity contribution in [2.45, 2.75) is 58.0 Å². The van der Waals surface area contributed by atoms with Gasteiger partial charge in [0.1, 0.15) is 0 Å². The first-order valence-corrected chi connectivity index (χ1v) is 7.44. The van der Waals surface area contributed by atoms with E-state index in [2.05, 4.69) is 19.2 Å². The smallest absolute Gasteiger partial charge is 0.0774 e. The SMILES string of the molecule is CC1(C)C2CCC(CC3(O)CCCNC3)C1C2. The van der Waals surface area contributed by atoms with Crippen LogP contribution in [0.4, 0.5) is 0 Å². The summed E-state index contributed by atoms with van der Waals surface area (Å²) in [6, 6.07) is 0. The van der Waals surface area contributed by atoms with E-state index in [1.54, 1.807) is 0 Å². The van der Waals surface area contributed by atoms with Crippen molar-refractivity contribution in [2.24, 2.45) is 23.2 Å². The van der Waals surface area contributed by atoms with Gasteiger partial charge in [0, 0.05) is 6.54 Å². The maximum Gasteiger partial charge on any atom is 0.0774 e. The highest BCUT2D eigenvalue weighted by Gasteiger charge is 2.55. The molecule has 4 unspecified atom stereocenters. The van der Waals surface area contributed by atoms with Crippen molar-refractivity contribution in [3.8, 4) is 0 Å². The molecule has 0 aromatic heterocycles. The maximum atomic E-state index is 10.7. The first-order chi connectivity index (χ1) is 8.01. The van der Waals surface area contributed by atoms with Crippen molar-refractivity contribution in [1.82, 2.24) is 5.32 Å². The molecule has 2 heteroatoms. The van der Waals surface area contributed by atoms with Crippen molar-refractivity contribution in [1.29, 1.82) is 0 Å². The number of nitrogens with one attached hydrogen (secondary N) is 1. The second kappa shape index (κ2) is 3.96. The van der Waals surface area contributed by atoms with Gasteiger partial charge < -0.3 is 10.4 Å². The topological polar surface area (TPSA) is 32.3 Å². The van der Waals surface area contributed by atoms with Crippen molar-refractivity contribution in [2.75, 3.05) is 13.1 Å². The predicted molar refractivity (Wildman–Crippen MR) is 69.8 cm³/mol. The van der Waals surface area contributed by atoms with E-state index in [-0.39, 0.29) is 0 Å². The Balaban J connectivity index is 1.65. The van der Waals surface area contributed by atoms with Gasteiger partial charge in [0.15, 0.2) is 0 Å². The molecule has 0 spiro atoms. The summed E-state index contributed by atoms with van der Waals surface area (Å²) in [5.74, 6) is 2.63. The summed E-state index contributed by atoms with van der Waals surface area (Å²) in [6.07, 6.45) is 7.38. The van der Waals surface area contributed by atoms with E-state index >= 15 is 0 Å². The zero-order valence-electron chi connectivity index (χ0n) is 11.3. The highest BCUT2D eigenvalue weighted by atomic mass is 16.3. The molecule has 0 radical (unpaired) electrons. The lowest BCUT2D eigenvalue weighted by atomic mass is 9.44. The van der Waals surface area contributed by atoms with E-state index in [0.29, 0.717) is 5.41 Å². The highest BCUT2D eigenvalue weighted by Crippen LogP contribution is 2.62. The predicted octanol–water partition coefficient (Wildman–Crippen LogP) is 2.56. The minimum atomic E-state index is -0.401. The minimum Gasteiger partial charge on any atom is -0.389 e. The Morgan fingerprint density at radius 3 is 2.71 bits per heavy atom. The summed E-state index contributed by atoms with van der Waals surface area (Å²) in [5.41, 5.74) is 0.156. The minimum absolute atomic E-state index is 0.401. The van der Waals surface area contributed by atoms with Gasteiger partial charge in [-0.15, -0.1) is 0 Å². The number of hydrogen-bond donors (Lipinski definition) is 2. The molecule has 4 fully saturated rings. The molecule has 2 bridgehead atoms. The van der Waals surface area contributed by atoms with Crippen LogP contribution in [0.1, 0.15) is 52.4 Å². The van der Waals surface area contributed by atoms with Gasteiger partial charge >= 0.3 is 0 Å². The van der Waals surface area contributed by atoms with E-state index in [1.165, 1.54) is 19.3 Å². The summed E-state index contributed by atoms with van der Waals surface area (Å²) in [5, 5.41) is 14.0. The Morgan fingerprint density at radius 2 is 2.12 bits per heavy atom. The van der Waals surface area contributed by atoms with Gasteiger partial charge in [0.25, 0.3) is 0 Å². The monoisotopic (exact) mass is 237 g/mol. The van der Waals surface area contributed by atoms with Crippen molar-refractivity contribution >= 4 is 0 Å². The van der Waals surface area contributed by atoms with Gasteiger partial charge in [-0.25, -0.2) is 0 Å². The fraction of sp³-hybridized carbons (Fsp3) is 1.00. The molecule has 1 saturated heterocycles.